The predicted molar refractivity (Wildman–Crippen MR) is 71.1 cm³/mol. The Balaban J connectivity index is 2.55. The third-order valence-electron chi connectivity index (χ3n) is 2.44. The van der Waals surface area contributed by atoms with Crippen molar-refractivity contribution in [3.05, 3.63) is 23.6 Å². The number of nitrogens with one attached hydrogen (secondary N) is 2. The molecule has 0 unspecified atom stereocenters. The van der Waals surface area contributed by atoms with Crippen molar-refractivity contribution in [2.24, 2.45) is 5.92 Å². The smallest absolute Gasteiger partial charge is 0.169 e. The molecule has 18 heavy (non-hydrogen) atoms. The molecule has 0 aliphatic rings. The summed E-state index contributed by atoms with van der Waals surface area (Å²) in [5.74, 6) is 0.551. The summed E-state index contributed by atoms with van der Waals surface area (Å²) in [5.41, 5.74) is 0.630. The zero-order chi connectivity index (χ0) is 13.4. The summed E-state index contributed by atoms with van der Waals surface area (Å²) in [5, 5.41) is 6.13. The van der Waals surface area contributed by atoms with Crippen LogP contribution < -0.4 is 10.6 Å². The third kappa shape index (κ3) is 4.98. The molecule has 0 amide bonds. The minimum atomic E-state index is -0.287. The fourth-order valence-corrected chi connectivity index (χ4v) is 1.51. The Morgan fingerprint density at radius 1 is 1.44 bits per heavy atom. The Bertz CT molecular complexity index is 358. The van der Waals surface area contributed by atoms with E-state index in [0.29, 0.717) is 31.2 Å². The van der Waals surface area contributed by atoms with Gasteiger partial charge < -0.3 is 15.4 Å². The Kier molecular flexibility index (Phi) is 6.60. The van der Waals surface area contributed by atoms with Gasteiger partial charge in [0, 0.05) is 32.0 Å². The Hall–Kier alpha value is -1.20. The van der Waals surface area contributed by atoms with Gasteiger partial charge in [0.25, 0.3) is 0 Å². The van der Waals surface area contributed by atoms with E-state index in [1.165, 1.54) is 0 Å². The van der Waals surface area contributed by atoms with Gasteiger partial charge in [-0.05, 0) is 18.5 Å². The second kappa shape index (κ2) is 8.00. The molecule has 1 rings (SSSR count). The standard InChI is InChI=1S/C13H22FN3O/c1-10(2)8-15-9-11-4-5-16-13(12(11)14)17-6-7-18-3/h4-5,10,15H,6-9H2,1-3H3,(H,16,17). The molecule has 1 aromatic heterocycles. The van der Waals surface area contributed by atoms with Gasteiger partial charge in [-0.15, -0.1) is 0 Å². The Morgan fingerprint density at radius 2 is 2.22 bits per heavy atom. The van der Waals surface area contributed by atoms with Gasteiger partial charge in [0.2, 0.25) is 0 Å². The highest BCUT2D eigenvalue weighted by Crippen LogP contribution is 2.14. The van der Waals surface area contributed by atoms with Crippen LogP contribution in [0.5, 0.6) is 0 Å². The number of ether oxygens (including phenoxy) is 1. The van der Waals surface area contributed by atoms with Gasteiger partial charge in [0.1, 0.15) is 0 Å². The summed E-state index contributed by atoms with van der Waals surface area (Å²) in [6.45, 7) is 6.70. The van der Waals surface area contributed by atoms with E-state index in [-0.39, 0.29) is 11.6 Å². The molecule has 5 heteroatoms. The number of methoxy groups -OCH3 is 1. The van der Waals surface area contributed by atoms with Crippen LogP contribution in [0.15, 0.2) is 12.3 Å². The van der Waals surface area contributed by atoms with E-state index < -0.39 is 0 Å². The molecule has 4 nitrogen and oxygen atoms in total. The SMILES string of the molecule is COCCNc1nccc(CNCC(C)C)c1F. The maximum Gasteiger partial charge on any atom is 0.169 e. The topological polar surface area (TPSA) is 46.2 Å². The number of aromatic nitrogens is 1. The van der Waals surface area contributed by atoms with Crippen LogP contribution in [0.2, 0.25) is 0 Å². The second-order valence-corrected chi connectivity index (χ2v) is 4.58. The fraction of sp³-hybridized carbons (Fsp3) is 0.615. The molecule has 1 aromatic rings. The van der Waals surface area contributed by atoms with Crippen LogP contribution in [0.4, 0.5) is 10.2 Å². The molecule has 0 aliphatic carbocycles. The molecule has 0 bridgehead atoms. The average molecular weight is 255 g/mol. The first-order valence-electron chi connectivity index (χ1n) is 6.22. The predicted octanol–water partition coefficient (Wildman–Crippen LogP) is 2.02. The molecule has 1 heterocycles. The Labute approximate surface area is 108 Å². The van der Waals surface area contributed by atoms with Gasteiger partial charge in [-0.25, -0.2) is 9.37 Å². The molecule has 0 aliphatic heterocycles. The van der Waals surface area contributed by atoms with Gasteiger partial charge in [-0.2, -0.15) is 0 Å². The van der Waals surface area contributed by atoms with E-state index in [0.717, 1.165) is 6.54 Å². The van der Waals surface area contributed by atoms with E-state index in [1.807, 2.05) is 0 Å². The lowest BCUT2D eigenvalue weighted by Crippen LogP contribution is -2.20. The van der Waals surface area contributed by atoms with Crippen LogP contribution in [0.25, 0.3) is 0 Å². The molecular formula is C13H22FN3O. The molecule has 2 N–H and O–H groups in total. The van der Waals surface area contributed by atoms with Crippen molar-refractivity contribution in [1.29, 1.82) is 0 Å². The van der Waals surface area contributed by atoms with Crippen LogP contribution in [-0.4, -0.2) is 31.8 Å². The molecule has 0 saturated heterocycles. The lowest BCUT2D eigenvalue weighted by molar-refractivity contribution is 0.210. The first-order valence-corrected chi connectivity index (χ1v) is 6.22. The van der Waals surface area contributed by atoms with Crippen molar-refractivity contribution in [2.45, 2.75) is 20.4 Å². The van der Waals surface area contributed by atoms with Crippen LogP contribution in [0.3, 0.4) is 0 Å². The number of rotatable bonds is 8. The minimum absolute atomic E-state index is 0.287. The molecule has 0 atom stereocenters. The number of halogens is 1. The molecule has 0 aromatic carbocycles. The number of hydrogen-bond donors (Lipinski definition) is 2. The largest absolute Gasteiger partial charge is 0.383 e. The first-order chi connectivity index (χ1) is 8.65. The first kappa shape index (κ1) is 14.9. The van der Waals surface area contributed by atoms with Crippen molar-refractivity contribution >= 4 is 5.82 Å². The summed E-state index contributed by atoms with van der Waals surface area (Å²) in [6, 6.07) is 1.70. The number of hydrogen-bond acceptors (Lipinski definition) is 4. The van der Waals surface area contributed by atoms with Crippen LogP contribution in [0.1, 0.15) is 19.4 Å². The molecular weight excluding hydrogens is 233 g/mol. The van der Waals surface area contributed by atoms with Gasteiger partial charge in [0.15, 0.2) is 11.6 Å². The van der Waals surface area contributed by atoms with Crippen LogP contribution in [0, 0.1) is 11.7 Å². The molecule has 102 valence electrons. The number of pyridine rings is 1. The zero-order valence-corrected chi connectivity index (χ0v) is 11.3. The molecule has 0 saturated carbocycles. The van der Waals surface area contributed by atoms with E-state index in [9.17, 15) is 4.39 Å². The maximum absolute atomic E-state index is 14.0. The van der Waals surface area contributed by atoms with Gasteiger partial charge in [0.05, 0.1) is 6.61 Å². The van der Waals surface area contributed by atoms with Crippen molar-refractivity contribution in [2.75, 3.05) is 32.1 Å². The highest BCUT2D eigenvalue weighted by Gasteiger charge is 2.08. The van der Waals surface area contributed by atoms with Gasteiger partial charge in [-0.1, -0.05) is 13.8 Å². The van der Waals surface area contributed by atoms with Crippen molar-refractivity contribution in [1.82, 2.24) is 10.3 Å². The average Bonchev–Trinajstić information content (AvgIpc) is 2.33. The zero-order valence-electron chi connectivity index (χ0n) is 11.3. The summed E-state index contributed by atoms with van der Waals surface area (Å²) >= 11 is 0. The third-order valence-corrected chi connectivity index (χ3v) is 2.44. The van der Waals surface area contributed by atoms with Crippen molar-refractivity contribution in [3.8, 4) is 0 Å². The van der Waals surface area contributed by atoms with Crippen molar-refractivity contribution in [3.63, 3.8) is 0 Å². The Morgan fingerprint density at radius 3 is 2.89 bits per heavy atom. The van der Waals surface area contributed by atoms with Crippen LogP contribution in [-0.2, 0) is 11.3 Å². The summed E-state index contributed by atoms with van der Waals surface area (Å²) < 4.78 is 18.9. The quantitative estimate of drug-likeness (QED) is 0.698. The molecule has 0 fully saturated rings. The number of nitrogens with zero attached hydrogens (tertiary/aromatic N) is 1. The second-order valence-electron chi connectivity index (χ2n) is 4.58. The molecule has 0 spiro atoms. The summed E-state index contributed by atoms with van der Waals surface area (Å²) in [7, 11) is 1.61. The minimum Gasteiger partial charge on any atom is -0.383 e. The molecule has 0 radical (unpaired) electrons. The van der Waals surface area contributed by atoms with E-state index in [1.54, 1.807) is 19.4 Å². The summed E-state index contributed by atoms with van der Waals surface area (Å²) in [6.07, 6.45) is 1.62. The van der Waals surface area contributed by atoms with Crippen LogP contribution >= 0.6 is 0 Å². The van der Waals surface area contributed by atoms with E-state index in [4.69, 9.17) is 4.74 Å². The van der Waals surface area contributed by atoms with Crippen molar-refractivity contribution < 1.29 is 9.13 Å². The van der Waals surface area contributed by atoms with E-state index >= 15 is 0 Å². The monoisotopic (exact) mass is 255 g/mol. The van der Waals surface area contributed by atoms with E-state index in [2.05, 4.69) is 29.5 Å². The normalized spacial score (nSPS) is 10.9. The maximum atomic E-state index is 14.0. The fourth-order valence-electron chi connectivity index (χ4n) is 1.51. The summed E-state index contributed by atoms with van der Waals surface area (Å²) in [4.78, 5) is 3.98. The number of anilines is 1. The van der Waals surface area contributed by atoms with Gasteiger partial charge in [-0.3, -0.25) is 0 Å². The highest BCUT2D eigenvalue weighted by molar-refractivity contribution is 5.39. The highest BCUT2D eigenvalue weighted by atomic mass is 19.1. The lowest BCUT2D eigenvalue weighted by atomic mass is 10.2. The van der Waals surface area contributed by atoms with Gasteiger partial charge >= 0.3 is 0 Å². The lowest BCUT2D eigenvalue weighted by Gasteiger charge is -2.11.